The van der Waals surface area contributed by atoms with Crippen molar-refractivity contribution in [3.63, 3.8) is 0 Å². The van der Waals surface area contributed by atoms with E-state index < -0.39 is 11.7 Å². The van der Waals surface area contributed by atoms with Crippen molar-refractivity contribution in [1.29, 1.82) is 0 Å². The van der Waals surface area contributed by atoms with E-state index in [1.807, 2.05) is 0 Å². The number of nitroso groups, excluding NO2 is 1. The highest BCUT2D eigenvalue weighted by Gasteiger charge is 2.16. The fraction of sp³-hybridized carbons (Fsp3) is 0.0833. The van der Waals surface area contributed by atoms with Crippen LogP contribution in [-0.4, -0.2) is 5.91 Å². The second kappa shape index (κ2) is 4.29. The monoisotopic (exact) mass is 232 g/mol. The number of carbonyl (C=O) groups is 1. The number of amides is 1. The molecule has 0 aliphatic heterocycles. The maximum atomic E-state index is 13.5. The van der Waals surface area contributed by atoms with Crippen molar-refractivity contribution in [3.8, 4) is 0 Å². The summed E-state index contributed by atoms with van der Waals surface area (Å²) in [6, 6.07) is 9.17. The van der Waals surface area contributed by atoms with Crippen LogP contribution < -0.4 is 5.01 Å². The highest BCUT2D eigenvalue weighted by Crippen LogP contribution is 2.29. The largest absolute Gasteiger partial charge is 0.273 e. The maximum Gasteiger partial charge on any atom is 0.246 e. The Morgan fingerprint density at radius 1 is 1.18 bits per heavy atom. The fourth-order valence-electron chi connectivity index (χ4n) is 1.70. The number of carbonyl (C=O) groups excluding carboxylic acids is 1. The van der Waals surface area contributed by atoms with Crippen LogP contribution in [0.4, 0.5) is 10.1 Å². The predicted molar refractivity (Wildman–Crippen MR) is 62.9 cm³/mol. The maximum absolute atomic E-state index is 13.5. The van der Waals surface area contributed by atoms with Gasteiger partial charge in [0.1, 0.15) is 5.82 Å². The molecule has 0 unspecified atom stereocenters. The summed E-state index contributed by atoms with van der Waals surface area (Å²) in [5.41, 5.74) is 0.282. The zero-order valence-electron chi connectivity index (χ0n) is 9.05. The lowest BCUT2D eigenvalue weighted by Crippen LogP contribution is -2.21. The number of rotatable bonds is 2. The van der Waals surface area contributed by atoms with Gasteiger partial charge in [-0.2, -0.15) is 5.01 Å². The van der Waals surface area contributed by atoms with E-state index in [0.29, 0.717) is 15.8 Å². The Kier molecular flexibility index (Phi) is 2.82. The second-order valence-corrected chi connectivity index (χ2v) is 3.52. The molecule has 0 saturated carbocycles. The van der Waals surface area contributed by atoms with Crippen LogP contribution in [0.25, 0.3) is 10.8 Å². The van der Waals surface area contributed by atoms with Gasteiger partial charge in [0.2, 0.25) is 5.91 Å². The summed E-state index contributed by atoms with van der Waals surface area (Å²) in [5, 5.41) is 4.18. The van der Waals surface area contributed by atoms with E-state index in [-0.39, 0.29) is 5.69 Å². The molecule has 4 nitrogen and oxygen atoms in total. The van der Waals surface area contributed by atoms with E-state index in [2.05, 4.69) is 5.29 Å². The van der Waals surface area contributed by atoms with Crippen LogP contribution in [0.15, 0.2) is 41.7 Å². The lowest BCUT2D eigenvalue weighted by Gasteiger charge is -2.13. The number of fused-ring (bicyclic) bond motifs is 1. The van der Waals surface area contributed by atoms with Gasteiger partial charge in [0.05, 0.1) is 11.0 Å². The quantitative estimate of drug-likeness (QED) is 0.590. The normalized spacial score (nSPS) is 10.2. The van der Waals surface area contributed by atoms with Crippen LogP contribution in [-0.2, 0) is 4.79 Å². The van der Waals surface area contributed by atoms with Crippen molar-refractivity contribution >= 4 is 22.4 Å². The summed E-state index contributed by atoms with van der Waals surface area (Å²) in [4.78, 5) is 21.9. The molecule has 2 rings (SSSR count). The first-order chi connectivity index (χ1) is 8.15. The second-order valence-electron chi connectivity index (χ2n) is 3.52. The van der Waals surface area contributed by atoms with Crippen molar-refractivity contribution in [2.45, 2.75) is 6.92 Å². The minimum Gasteiger partial charge on any atom is -0.273 e. The van der Waals surface area contributed by atoms with Gasteiger partial charge in [0.25, 0.3) is 0 Å². The lowest BCUT2D eigenvalue weighted by molar-refractivity contribution is -0.116. The molecule has 5 heteroatoms. The topological polar surface area (TPSA) is 49.7 Å². The van der Waals surface area contributed by atoms with Gasteiger partial charge in [-0.15, -0.1) is 4.91 Å². The Hall–Kier alpha value is -2.30. The number of hydrogen-bond donors (Lipinski definition) is 0. The molecule has 0 aliphatic carbocycles. The van der Waals surface area contributed by atoms with Gasteiger partial charge in [-0.1, -0.05) is 24.3 Å². The van der Waals surface area contributed by atoms with Crippen LogP contribution in [0.2, 0.25) is 0 Å². The van der Waals surface area contributed by atoms with Gasteiger partial charge in [-0.05, 0) is 12.1 Å². The molecule has 0 radical (unpaired) electrons. The first kappa shape index (κ1) is 11.2. The summed E-state index contributed by atoms with van der Waals surface area (Å²) in [5.74, 6) is -0.921. The first-order valence-electron chi connectivity index (χ1n) is 4.96. The van der Waals surface area contributed by atoms with Gasteiger partial charge >= 0.3 is 0 Å². The van der Waals surface area contributed by atoms with Gasteiger partial charge in [0, 0.05) is 17.7 Å². The third kappa shape index (κ3) is 1.87. The summed E-state index contributed by atoms with van der Waals surface area (Å²) in [6.45, 7) is 1.22. The Labute approximate surface area is 96.6 Å². The minimum absolute atomic E-state index is 0.282. The Bertz CT molecular complexity index is 598. The van der Waals surface area contributed by atoms with E-state index in [4.69, 9.17) is 0 Å². The lowest BCUT2D eigenvalue weighted by atomic mass is 10.1. The first-order valence-corrected chi connectivity index (χ1v) is 4.96. The molecule has 2 aromatic rings. The fourth-order valence-corrected chi connectivity index (χ4v) is 1.70. The zero-order valence-corrected chi connectivity index (χ0v) is 9.05. The standard InChI is InChI=1S/C12H9FN2O2/c1-8(16)15(14-17)12-7-6-11(13)9-4-2-3-5-10(9)12/h2-7H,1H3. The Morgan fingerprint density at radius 3 is 2.41 bits per heavy atom. The molecular formula is C12H9FN2O2. The van der Waals surface area contributed by atoms with Crippen molar-refractivity contribution in [1.82, 2.24) is 0 Å². The van der Waals surface area contributed by atoms with Crippen LogP contribution in [0.1, 0.15) is 6.92 Å². The summed E-state index contributed by atoms with van der Waals surface area (Å²) < 4.78 is 13.5. The van der Waals surface area contributed by atoms with Gasteiger partial charge < -0.3 is 0 Å². The molecule has 0 heterocycles. The number of hydrogen-bond acceptors (Lipinski definition) is 3. The molecule has 0 fully saturated rings. The zero-order chi connectivity index (χ0) is 12.4. The van der Waals surface area contributed by atoms with E-state index in [1.54, 1.807) is 24.3 Å². The predicted octanol–water partition coefficient (Wildman–Crippen LogP) is 3.01. The average Bonchev–Trinajstić information content (AvgIpc) is 2.33. The van der Waals surface area contributed by atoms with Crippen LogP contribution in [0.3, 0.4) is 0 Å². The molecule has 1 amide bonds. The smallest absolute Gasteiger partial charge is 0.246 e. The Morgan fingerprint density at radius 2 is 1.82 bits per heavy atom. The highest BCUT2D eigenvalue weighted by atomic mass is 19.1. The third-order valence-electron chi connectivity index (χ3n) is 2.46. The molecule has 0 saturated heterocycles. The number of nitrogens with zero attached hydrogens (tertiary/aromatic N) is 2. The van der Waals surface area contributed by atoms with Crippen molar-refractivity contribution in [2.75, 3.05) is 5.01 Å². The van der Waals surface area contributed by atoms with Crippen LogP contribution >= 0.6 is 0 Å². The summed E-state index contributed by atoms with van der Waals surface area (Å²) >= 11 is 0. The minimum atomic E-state index is -0.517. The van der Waals surface area contributed by atoms with Crippen molar-refractivity contribution in [2.24, 2.45) is 5.29 Å². The molecule has 0 atom stereocenters. The molecule has 0 aliphatic rings. The number of anilines is 1. The average molecular weight is 232 g/mol. The van der Waals surface area contributed by atoms with E-state index >= 15 is 0 Å². The molecule has 2 aromatic carbocycles. The Balaban J connectivity index is 2.74. The van der Waals surface area contributed by atoms with E-state index in [9.17, 15) is 14.1 Å². The highest BCUT2D eigenvalue weighted by molar-refractivity contribution is 6.02. The van der Waals surface area contributed by atoms with Crippen molar-refractivity contribution in [3.05, 3.63) is 47.1 Å². The molecular weight excluding hydrogens is 223 g/mol. The van der Waals surface area contributed by atoms with Gasteiger partial charge in [-0.25, -0.2) is 4.39 Å². The number of benzene rings is 2. The molecule has 0 N–H and O–H groups in total. The molecule has 0 bridgehead atoms. The van der Waals surface area contributed by atoms with Crippen LogP contribution in [0, 0.1) is 10.7 Å². The van der Waals surface area contributed by atoms with Gasteiger partial charge in [0.15, 0.2) is 0 Å². The van der Waals surface area contributed by atoms with Crippen molar-refractivity contribution < 1.29 is 9.18 Å². The molecule has 86 valence electrons. The molecule has 0 aromatic heterocycles. The number of halogens is 1. The molecule has 0 spiro atoms. The summed E-state index contributed by atoms with van der Waals surface area (Å²) in [7, 11) is 0. The van der Waals surface area contributed by atoms with E-state index in [1.165, 1.54) is 19.1 Å². The SMILES string of the molecule is CC(=O)N(N=O)c1ccc(F)c2ccccc12. The molecule has 17 heavy (non-hydrogen) atoms. The van der Waals surface area contributed by atoms with Crippen LogP contribution in [0.5, 0.6) is 0 Å². The third-order valence-corrected chi connectivity index (χ3v) is 2.46. The van der Waals surface area contributed by atoms with E-state index in [0.717, 1.165) is 0 Å². The van der Waals surface area contributed by atoms with Gasteiger partial charge in [-0.3, -0.25) is 4.79 Å². The summed E-state index contributed by atoms with van der Waals surface area (Å²) in [6.07, 6.45) is 0.